The number of hydrogen-bond donors (Lipinski definition) is 2. The Hall–Kier alpha value is -2.13. The SMILES string of the molecule is NCc1ccc(C(=O)NC(c2ccccc2)C2CC2)cc1. The van der Waals surface area contributed by atoms with Gasteiger partial charge in [0.15, 0.2) is 0 Å². The molecule has 1 saturated carbocycles. The van der Waals surface area contributed by atoms with Gasteiger partial charge < -0.3 is 11.1 Å². The molecule has 0 aromatic heterocycles. The highest BCUT2D eigenvalue weighted by Crippen LogP contribution is 2.41. The normalized spacial score (nSPS) is 15.5. The van der Waals surface area contributed by atoms with Gasteiger partial charge in [-0.3, -0.25) is 4.79 Å². The lowest BCUT2D eigenvalue weighted by Gasteiger charge is -2.19. The van der Waals surface area contributed by atoms with Crippen molar-refractivity contribution < 1.29 is 4.79 Å². The van der Waals surface area contributed by atoms with Crippen LogP contribution in [0.2, 0.25) is 0 Å². The van der Waals surface area contributed by atoms with E-state index < -0.39 is 0 Å². The first kappa shape index (κ1) is 13.8. The Bertz CT molecular complexity index is 603. The summed E-state index contributed by atoms with van der Waals surface area (Å²) in [6.07, 6.45) is 2.37. The molecule has 2 aromatic rings. The molecule has 108 valence electrons. The first-order valence-corrected chi connectivity index (χ1v) is 7.43. The van der Waals surface area contributed by atoms with Crippen LogP contribution in [0, 0.1) is 5.92 Å². The summed E-state index contributed by atoms with van der Waals surface area (Å²) in [4.78, 5) is 12.4. The Labute approximate surface area is 125 Å². The van der Waals surface area contributed by atoms with Crippen LogP contribution in [-0.4, -0.2) is 5.91 Å². The predicted molar refractivity (Wildman–Crippen MR) is 83.7 cm³/mol. The molecule has 1 fully saturated rings. The average molecular weight is 280 g/mol. The molecular formula is C18H20N2O. The van der Waals surface area contributed by atoms with E-state index in [2.05, 4.69) is 17.4 Å². The maximum atomic E-state index is 12.4. The summed E-state index contributed by atoms with van der Waals surface area (Å²) in [5.74, 6) is 0.555. The molecule has 1 amide bonds. The van der Waals surface area contributed by atoms with Crippen molar-refractivity contribution in [3.63, 3.8) is 0 Å². The lowest BCUT2D eigenvalue weighted by atomic mass is 10.0. The third-order valence-electron chi connectivity index (χ3n) is 3.99. The zero-order valence-corrected chi connectivity index (χ0v) is 12.0. The highest BCUT2D eigenvalue weighted by Gasteiger charge is 2.33. The summed E-state index contributed by atoms with van der Waals surface area (Å²) >= 11 is 0. The van der Waals surface area contributed by atoms with Crippen molar-refractivity contribution in [2.45, 2.75) is 25.4 Å². The van der Waals surface area contributed by atoms with E-state index in [1.807, 2.05) is 42.5 Å². The van der Waals surface area contributed by atoms with Crippen molar-refractivity contribution in [2.75, 3.05) is 0 Å². The number of carbonyl (C=O) groups is 1. The number of amides is 1. The monoisotopic (exact) mass is 280 g/mol. The van der Waals surface area contributed by atoms with Gasteiger partial charge in [0, 0.05) is 12.1 Å². The van der Waals surface area contributed by atoms with E-state index in [1.165, 1.54) is 18.4 Å². The van der Waals surface area contributed by atoms with Crippen LogP contribution in [0.15, 0.2) is 54.6 Å². The molecule has 21 heavy (non-hydrogen) atoms. The van der Waals surface area contributed by atoms with E-state index in [0.29, 0.717) is 18.0 Å². The lowest BCUT2D eigenvalue weighted by molar-refractivity contribution is 0.0931. The van der Waals surface area contributed by atoms with Gasteiger partial charge >= 0.3 is 0 Å². The number of nitrogens with one attached hydrogen (secondary N) is 1. The molecule has 0 heterocycles. The van der Waals surface area contributed by atoms with Gasteiger partial charge in [-0.05, 0) is 42.0 Å². The Morgan fingerprint density at radius 1 is 1.10 bits per heavy atom. The molecule has 0 spiro atoms. The quantitative estimate of drug-likeness (QED) is 0.884. The van der Waals surface area contributed by atoms with Crippen LogP contribution in [0.3, 0.4) is 0 Å². The Morgan fingerprint density at radius 2 is 1.76 bits per heavy atom. The molecule has 2 aromatic carbocycles. The van der Waals surface area contributed by atoms with Crippen molar-refractivity contribution in [3.05, 3.63) is 71.3 Å². The molecule has 0 radical (unpaired) electrons. The fourth-order valence-electron chi connectivity index (χ4n) is 2.58. The molecule has 3 nitrogen and oxygen atoms in total. The van der Waals surface area contributed by atoms with Gasteiger partial charge in [-0.1, -0.05) is 42.5 Å². The van der Waals surface area contributed by atoms with Crippen LogP contribution < -0.4 is 11.1 Å². The minimum atomic E-state index is -0.0145. The smallest absolute Gasteiger partial charge is 0.251 e. The zero-order chi connectivity index (χ0) is 14.7. The Kier molecular flexibility index (Phi) is 4.02. The van der Waals surface area contributed by atoms with Gasteiger partial charge in [-0.25, -0.2) is 0 Å². The molecular weight excluding hydrogens is 260 g/mol. The highest BCUT2D eigenvalue weighted by atomic mass is 16.1. The van der Waals surface area contributed by atoms with E-state index >= 15 is 0 Å². The molecule has 1 aliphatic rings. The van der Waals surface area contributed by atoms with Crippen LogP contribution in [0.25, 0.3) is 0 Å². The lowest BCUT2D eigenvalue weighted by Crippen LogP contribution is -2.29. The van der Waals surface area contributed by atoms with Gasteiger partial charge in [0.05, 0.1) is 6.04 Å². The molecule has 0 bridgehead atoms. The first-order valence-electron chi connectivity index (χ1n) is 7.43. The van der Waals surface area contributed by atoms with Crippen molar-refractivity contribution in [1.82, 2.24) is 5.32 Å². The van der Waals surface area contributed by atoms with Crippen molar-refractivity contribution in [3.8, 4) is 0 Å². The fraction of sp³-hybridized carbons (Fsp3) is 0.278. The van der Waals surface area contributed by atoms with Gasteiger partial charge in [-0.15, -0.1) is 0 Å². The van der Waals surface area contributed by atoms with Crippen molar-refractivity contribution in [2.24, 2.45) is 11.7 Å². The Balaban J connectivity index is 1.74. The molecule has 1 aliphatic carbocycles. The summed E-state index contributed by atoms with van der Waals surface area (Å²) in [5.41, 5.74) is 8.49. The topological polar surface area (TPSA) is 55.1 Å². The van der Waals surface area contributed by atoms with Gasteiger partial charge in [0.25, 0.3) is 5.91 Å². The number of hydrogen-bond acceptors (Lipinski definition) is 2. The highest BCUT2D eigenvalue weighted by molar-refractivity contribution is 5.94. The minimum absolute atomic E-state index is 0.0145. The van der Waals surface area contributed by atoms with Gasteiger partial charge in [-0.2, -0.15) is 0 Å². The second-order valence-corrected chi connectivity index (χ2v) is 5.60. The summed E-state index contributed by atoms with van der Waals surface area (Å²) in [5, 5.41) is 3.18. The largest absolute Gasteiger partial charge is 0.345 e. The summed E-state index contributed by atoms with van der Waals surface area (Å²) in [7, 11) is 0. The van der Waals surface area contributed by atoms with Gasteiger partial charge in [0.2, 0.25) is 0 Å². The average Bonchev–Trinajstić information content (AvgIpc) is 3.38. The van der Waals surface area contributed by atoms with Gasteiger partial charge in [0.1, 0.15) is 0 Å². The number of benzene rings is 2. The van der Waals surface area contributed by atoms with Crippen LogP contribution in [0.1, 0.15) is 40.4 Å². The third kappa shape index (κ3) is 3.31. The fourth-order valence-corrected chi connectivity index (χ4v) is 2.58. The number of carbonyl (C=O) groups excluding carboxylic acids is 1. The molecule has 1 atom stereocenters. The zero-order valence-electron chi connectivity index (χ0n) is 12.0. The molecule has 3 N–H and O–H groups in total. The van der Waals surface area contributed by atoms with E-state index in [-0.39, 0.29) is 11.9 Å². The van der Waals surface area contributed by atoms with E-state index in [9.17, 15) is 4.79 Å². The molecule has 3 rings (SSSR count). The second kappa shape index (κ2) is 6.10. The van der Waals surface area contributed by atoms with E-state index in [4.69, 9.17) is 5.73 Å². The first-order chi connectivity index (χ1) is 10.3. The summed E-state index contributed by atoms with van der Waals surface area (Å²) in [6, 6.07) is 17.8. The molecule has 1 unspecified atom stereocenters. The standard InChI is InChI=1S/C18H20N2O/c19-12-13-6-8-16(9-7-13)18(21)20-17(15-10-11-15)14-4-2-1-3-5-14/h1-9,15,17H,10-12,19H2,(H,20,21). The number of nitrogens with two attached hydrogens (primary N) is 1. The van der Waals surface area contributed by atoms with Crippen LogP contribution in [-0.2, 0) is 6.54 Å². The Morgan fingerprint density at radius 3 is 2.33 bits per heavy atom. The summed E-state index contributed by atoms with van der Waals surface area (Å²) in [6.45, 7) is 0.497. The third-order valence-corrected chi connectivity index (χ3v) is 3.99. The number of rotatable bonds is 5. The molecule has 0 saturated heterocycles. The van der Waals surface area contributed by atoms with Crippen LogP contribution >= 0.6 is 0 Å². The minimum Gasteiger partial charge on any atom is -0.345 e. The maximum absolute atomic E-state index is 12.4. The predicted octanol–water partition coefficient (Wildman–Crippen LogP) is 3.03. The van der Waals surface area contributed by atoms with Crippen molar-refractivity contribution >= 4 is 5.91 Å². The van der Waals surface area contributed by atoms with Crippen LogP contribution in [0.5, 0.6) is 0 Å². The van der Waals surface area contributed by atoms with E-state index in [0.717, 1.165) is 5.56 Å². The van der Waals surface area contributed by atoms with Crippen molar-refractivity contribution in [1.29, 1.82) is 0 Å². The molecule has 3 heteroatoms. The maximum Gasteiger partial charge on any atom is 0.251 e. The van der Waals surface area contributed by atoms with E-state index in [1.54, 1.807) is 0 Å². The summed E-state index contributed by atoms with van der Waals surface area (Å²) < 4.78 is 0. The second-order valence-electron chi connectivity index (χ2n) is 5.60. The van der Waals surface area contributed by atoms with Crippen LogP contribution in [0.4, 0.5) is 0 Å². The molecule has 0 aliphatic heterocycles.